The molecule has 0 aromatic heterocycles. The number of phosphoric ester groups is 1. The highest BCUT2D eigenvalue weighted by atomic mass is 31.2. The smallest absolute Gasteiger partial charge is 0.469 e. The molecule has 0 amide bonds. The Hall–Kier alpha value is -2.83. The molecule has 0 spiro atoms. The first-order chi connectivity index (χ1) is 15.2. The molecule has 8 nitrogen and oxygen atoms in total. The molecule has 0 bridgehead atoms. The van der Waals surface area contributed by atoms with Crippen LogP contribution in [-0.2, 0) is 47.4 Å². The largest absolute Gasteiger partial charge is 0.587 e. The highest BCUT2D eigenvalue weighted by Crippen LogP contribution is 2.54. The highest BCUT2D eigenvalue weighted by molar-refractivity contribution is 7.49. The van der Waals surface area contributed by atoms with Crippen molar-refractivity contribution in [3.05, 3.63) is 57.6 Å². The van der Waals surface area contributed by atoms with Crippen LogP contribution >= 0.6 is 7.82 Å². The minimum absolute atomic E-state index is 0.0957. The van der Waals surface area contributed by atoms with Gasteiger partial charge in [0.2, 0.25) is 0 Å². The molecule has 2 aromatic carbocycles. The van der Waals surface area contributed by atoms with Crippen molar-refractivity contribution in [1.82, 2.24) is 0 Å². The van der Waals surface area contributed by atoms with Gasteiger partial charge in [0.15, 0.2) is 0 Å². The van der Waals surface area contributed by atoms with E-state index in [9.17, 15) is 14.2 Å². The molecule has 0 aliphatic carbocycles. The number of aryl methyl sites for hydroxylation is 2. The third-order valence-corrected chi connectivity index (χ3v) is 6.44. The Morgan fingerprint density at radius 2 is 1.31 bits per heavy atom. The van der Waals surface area contributed by atoms with E-state index in [0.29, 0.717) is 29.0 Å². The van der Waals surface area contributed by atoms with Crippen LogP contribution in [-0.4, -0.2) is 32.8 Å². The molecule has 0 radical (unpaired) electrons. The number of rotatable bonds is 6. The highest BCUT2D eigenvalue weighted by Gasteiger charge is 2.35. The molecule has 2 aromatic rings. The van der Waals surface area contributed by atoms with E-state index in [1.54, 1.807) is 32.9 Å². The van der Waals surface area contributed by atoms with Crippen LogP contribution in [0.5, 0.6) is 11.5 Å². The Kier molecular flexibility index (Phi) is 7.26. The van der Waals surface area contributed by atoms with Crippen LogP contribution in [0.3, 0.4) is 0 Å². The van der Waals surface area contributed by atoms with Gasteiger partial charge >= 0.3 is 19.8 Å². The van der Waals surface area contributed by atoms with Crippen molar-refractivity contribution in [3.63, 3.8) is 0 Å². The number of carbonyl (C=O) groups is 2. The van der Waals surface area contributed by atoms with Crippen molar-refractivity contribution in [2.45, 2.75) is 40.0 Å². The summed E-state index contributed by atoms with van der Waals surface area (Å²) in [6.07, 6.45) is 0.569. The second-order valence-electron chi connectivity index (χ2n) is 7.53. The zero-order valence-electron chi connectivity index (χ0n) is 18.9. The first-order valence-electron chi connectivity index (χ1n) is 10.2. The number of fused-ring (bicyclic) bond motifs is 2. The number of hydrogen-bond acceptors (Lipinski definition) is 8. The molecule has 9 heteroatoms. The number of esters is 2. The predicted molar refractivity (Wildman–Crippen MR) is 117 cm³/mol. The van der Waals surface area contributed by atoms with Crippen molar-refractivity contribution >= 4 is 19.8 Å². The summed E-state index contributed by atoms with van der Waals surface area (Å²) in [7, 11) is -1.31. The summed E-state index contributed by atoms with van der Waals surface area (Å²) in [6, 6.07) is 7.22. The van der Waals surface area contributed by atoms with Crippen LogP contribution in [0.25, 0.3) is 0 Å². The molecule has 1 aliphatic rings. The SMILES string of the molecule is CCOP1(=O)Oc2c(C)cc(CC(=O)OC)cc2Cc2cc(CC(=O)OC)cc(C)c2O1. The number of hydrogen-bond donors (Lipinski definition) is 0. The topological polar surface area (TPSA) is 97.4 Å². The van der Waals surface area contributed by atoms with E-state index < -0.39 is 7.82 Å². The normalized spacial score (nSPS) is 14.0. The summed E-state index contributed by atoms with van der Waals surface area (Å²) in [6.45, 7) is 5.43. The summed E-state index contributed by atoms with van der Waals surface area (Å²) < 4.78 is 40.1. The molecule has 0 saturated heterocycles. The maximum absolute atomic E-state index is 13.4. The molecule has 172 valence electrons. The predicted octanol–water partition coefficient (Wildman–Crippen LogP) is 4.24. The Balaban J connectivity index is 2.16. The second-order valence-corrected chi connectivity index (χ2v) is 9.05. The fourth-order valence-corrected chi connectivity index (χ4v) is 5.15. The summed E-state index contributed by atoms with van der Waals surface area (Å²) in [5.74, 6) is 0.0428. The lowest BCUT2D eigenvalue weighted by Gasteiger charge is -2.27. The van der Waals surface area contributed by atoms with E-state index in [0.717, 1.165) is 22.3 Å². The number of methoxy groups -OCH3 is 2. The van der Waals surface area contributed by atoms with Crippen LogP contribution in [0, 0.1) is 13.8 Å². The summed E-state index contributed by atoms with van der Waals surface area (Å²) in [5, 5.41) is 0. The van der Waals surface area contributed by atoms with Crippen LogP contribution in [0.15, 0.2) is 24.3 Å². The molecule has 3 rings (SSSR count). The summed E-state index contributed by atoms with van der Waals surface area (Å²) in [5.41, 5.74) is 4.32. The van der Waals surface area contributed by atoms with Gasteiger partial charge in [-0.1, -0.05) is 24.3 Å². The van der Waals surface area contributed by atoms with Crippen LogP contribution < -0.4 is 9.05 Å². The van der Waals surface area contributed by atoms with Gasteiger partial charge < -0.3 is 18.5 Å². The molecule has 1 heterocycles. The van der Waals surface area contributed by atoms with Crippen molar-refractivity contribution in [2.24, 2.45) is 0 Å². The minimum Gasteiger partial charge on any atom is -0.469 e. The summed E-state index contributed by atoms with van der Waals surface area (Å²) >= 11 is 0. The maximum Gasteiger partial charge on any atom is 0.587 e. The third-order valence-electron chi connectivity index (χ3n) is 5.05. The standard InChI is InChI=1S/C23H27O8P/c1-6-29-32(26)30-22-14(2)7-16(11-20(24)27-4)9-18(22)13-19-10-17(12-21(25)28-5)8-15(3)23(19)31-32/h7-10H,6,11-13H2,1-5H3. The Morgan fingerprint density at radius 3 is 1.69 bits per heavy atom. The van der Waals surface area contributed by atoms with Crippen LogP contribution in [0.1, 0.15) is 40.3 Å². The van der Waals surface area contributed by atoms with Gasteiger partial charge in [-0.05, 0) is 54.2 Å². The van der Waals surface area contributed by atoms with Gasteiger partial charge in [-0.15, -0.1) is 0 Å². The lowest BCUT2D eigenvalue weighted by molar-refractivity contribution is -0.140. The van der Waals surface area contributed by atoms with Gasteiger partial charge in [0, 0.05) is 6.42 Å². The monoisotopic (exact) mass is 462 g/mol. The molecule has 0 saturated carbocycles. The molecule has 32 heavy (non-hydrogen) atoms. The number of phosphoric acid groups is 1. The molecule has 0 N–H and O–H groups in total. The summed E-state index contributed by atoms with van der Waals surface area (Å²) in [4.78, 5) is 23.6. The number of carbonyl (C=O) groups excluding carboxylic acids is 2. The second kappa shape index (κ2) is 9.76. The van der Waals surface area contributed by atoms with Crippen LogP contribution in [0.2, 0.25) is 0 Å². The molecular formula is C23H27O8P. The lowest BCUT2D eigenvalue weighted by Crippen LogP contribution is -2.14. The van der Waals surface area contributed by atoms with Crippen molar-refractivity contribution in [1.29, 1.82) is 0 Å². The fourth-order valence-electron chi connectivity index (χ4n) is 3.72. The molecular weight excluding hydrogens is 435 g/mol. The Bertz CT molecular complexity index is 1010. The first kappa shape index (κ1) is 23.8. The minimum atomic E-state index is -3.98. The molecule has 1 aliphatic heterocycles. The third kappa shape index (κ3) is 5.31. The van der Waals surface area contributed by atoms with Gasteiger partial charge in [0.05, 0.1) is 33.7 Å². The van der Waals surface area contributed by atoms with Gasteiger partial charge in [0.1, 0.15) is 11.5 Å². The Labute approximate surface area is 187 Å². The van der Waals surface area contributed by atoms with E-state index in [2.05, 4.69) is 0 Å². The van der Waals surface area contributed by atoms with Gasteiger partial charge in [-0.3, -0.25) is 14.1 Å². The van der Waals surface area contributed by atoms with Crippen molar-refractivity contribution in [2.75, 3.05) is 20.8 Å². The van der Waals surface area contributed by atoms with E-state index in [1.807, 2.05) is 12.1 Å². The van der Waals surface area contributed by atoms with E-state index >= 15 is 0 Å². The fraction of sp³-hybridized carbons (Fsp3) is 0.391. The number of benzene rings is 2. The van der Waals surface area contributed by atoms with Gasteiger partial charge in [-0.2, -0.15) is 0 Å². The van der Waals surface area contributed by atoms with Crippen molar-refractivity contribution in [3.8, 4) is 11.5 Å². The quantitative estimate of drug-likeness (QED) is 0.465. The van der Waals surface area contributed by atoms with Crippen LogP contribution in [0.4, 0.5) is 0 Å². The van der Waals surface area contributed by atoms with E-state index in [4.69, 9.17) is 23.0 Å². The zero-order valence-corrected chi connectivity index (χ0v) is 19.7. The van der Waals surface area contributed by atoms with E-state index in [1.165, 1.54) is 14.2 Å². The van der Waals surface area contributed by atoms with E-state index in [-0.39, 0.29) is 31.4 Å². The Morgan fingerprint density at radius 1 is 0.875 bits per heavy atom. The average Bonchev–Trinajstić information content (AvgIpc) is 2.72. The zero-order chi connectivity index (χ0) is 23.5. The molecule has 0 fully saturated rings. The van der Waals surface area contributed by atoms with Gasteiger partial charge in [0.25, 0.3) is 0 Å². The molecule has 0 atom stereocenters. The molecule has 0 unspecified atom stereocenters. The van der Waals surface area contributed by atoms with Crippen molar-refractivity contribution < 1.29 is 37.2 Å². The number of ether oxygens (including phenoxy) is 2. The average molecular weight is 462 g/mol. The van der Waals surface area contributed by atoms with Gasteiger partial charge in [-0.25, -0.2) is 4.57 Å². The maximum atomic E-state index is 13.4. The lowest BCUT2D eigenvalue weighted by atomic mass is 9.94. The first-order valence-corrected chi connectivity index (χ1v) is 11.7.